The third-order valence-electron chi connectivity index (χ3n) is 15.8. The van der Waals surface area contributed by atoms with Crippen LogP contribution in [-0.4, -0.2) is 129 Å². The Balaban J connectivity index is 1.66. The van der Waals surface area contributed by atoms with Gasteiger partial charge < -0.3 is 71.7 Å². The number of benzene rings is 3. The maximum Gasteiger partial charge on any atom is 0.328 e. The van der Waals surface area contributed by atoms with Gasteiger partial charge in [0.05, 0.1) is 30.7 Å². The molecule has 0 unspecified atom stereocenters. The number of carboxylic acids is 1. The molecular formula is C64H95N7O16. The molecule has 87 heavy (non-hydrogen) atoms. The summed E-state index contributed by atoms with van der Waals surface area (Å²) in [5.74, 6) is -6.89. The fourth-order valence-electron chi connectivity index (χ4n) is 10.9. The van der Waals surface area contributed by atoms with Crippen molar-refractivity contribution in [2.45, 2.75) is 236 Å². The number of aliphatic hydroxyl groups is 3. The Morgan fingerprint density at radius 3 is 1.93 bits per heavy atom. The highest BCUT2D eigenvalue weighted by atomic mass is 16.7. The molecule has 482 valence electrons. The van der Waals surface area contributed by atoms with E-state index in [2.05, 4.69) is 40.4 Å². The topological polar surface area (TPSA) is 350 Å². The van der Waals surface area contributed by atoms with Gasteiger partial charge in [-0.3, -0.25) is 34.1 Å². The average Bonchev–Trinajstić information content (AvgIpc) is 1.56. The lowest BCUT2D eigenvalue weighted by Crippen LogP contribution is -2.65. The largest absolute Gasteiger partial charge is 0.490 e. The number of fused-ring (bicyclic) bond motifs is 9. The van der Waals surface area contributed by atoms with Crippen molar-refractivity contribution in [2.75, 3.05) is 13.7 Å². The van der Waals surface area contributed by atoms with Gasteiger partial charge in [0, 0.05) is 31.7 Å². The lowest BCUT2D eigenvalue weighted by Gasteiger charge is -2.42. The number of ether oxygens (including phenoxy) is 4. The molecule has 11 N–H and O–H groups in total. The summed E-state index contributed by atoms with van der Waals surface area (Å²) < 4.78 is 24.8. The number of hydrogen-bond acceptors (Lipinski definition) is 16. The van der Waals surface area contributed by atoms with Gasteiger partial charge in [0.2, 0.25) is 47.3 Å². The van der Waals surface area contributed by atoms with Crippen molar-refractivity contribution in [3.05, 3.63) is 87.5 Å². The number of rotatable bonds is 35. The number of unbranched alkanes of at least 4 members (excludes halogenated alkanes) is 16. The molecule has 3 aromatic carbocycles. The van der Waals surface area contributed by atoms with Crippen LogP contribution in [0.2, 0.25) is 0 Å². The predicted molar refractivity (Wildman–Crippen MR) is 326 cm³/mol. The number of carbonyl (C=O) groups is 6. The van der Waals surface area contributed by atoms with Crippen molar-refractivity contribution in [1.29, 1.82) is 0 Å². The molecule has 0 radical (unpaired) electrons. The Kier molecular flexibility index (Phi) is 30.2. The number of nitrogens with two attached hydrogens (primary N) is 1. The molecular weight excluding hydrogens is 1120 g/mol. The second kappa shape index (κ2) is 37.0. The molecule has 6 rings (SSSR count). The van der Waals surface area contributed by atoms with Gasteiger partial charge in [0.15, 0.2) is 17.5 Å². The number of nitrogens with zero attached hydrogens (tertiary/aromatic N) is 1. The average molecular weight is 1220 g/mol. The number of amides is 5. The van der Waals surface area contributed by atoms with Crippen LogP contribution >= 0.6 is 0 Å². The summed E-state index contributed by atoms with van der Waals surface area (Å²) in [5.41, 5.74) is 6.18. The van der Waals surface area contributed by atoms with Crippen molar-refractivity contribution in [3.8, 4) is 23.0 Å². The molecule has 0 aromatic heterocycles. The third kappa shape index (κ3) is 22.6. The summed E-state index contributed by atoms with van der Waals surface area (Å²) in [5, 5.41) is 70.9. The summed E-state index contributed by atoms with van der Waals surface area (Å²) in [7, 11) is 1.20. The second-order valence-electron chi connectivity index (χ2n) is 23.4. The van der Waals surface area contributed by atoms with E-state index in [1.54, 1.807) is 30.3 Å². The molecule has 23 nitrogen and oxygen atoms in total. The lowest BCUT2D eigenvalue weighted by atomic mass is 9.95. The van der Waals surface area contributed by atoms with Gasteiger partial charge in [-0.25, -0.2) is 4.79 Å². The fraction of sp³-hybridized carbons (Fsp3) is 0.625. The summed E-state index contributed by atoms with van der Waals surface area (Å²) in [4.78, 5) is 97.4. The molecule has 10 atom stereocenters. The highest BCUT2D eigenvalue weighted by Gasteiger charge is 2.47. The van der Waals surface area contributed by atoms with Gasteiger partial charge in [-0.15, -0.1) is 0 Å². The zero-order valence-electron chi connectivity index (χ0n) is 51.3. The molecule has 23 heteroatoms. The van der Waals surface area contributed by atoms with E-state index < -0.39 is 119 Å². The van der Waals surface area contributed by atoms with E-state index in [0.29, 0.717) is 24.8 Å². The molecule has 4 bridgehead atoms. The van der Waals surface area contributed by atoms with E-state index in [1.165, 1.54) is 44.2 Å². The minimum absolute atomic E-state index is 0.0152. The van der Waals surface area contributed by atoms with E-state index in [9.17, 15) is 54.5 Å². The highest BCUT2D eigenvalue weighted by Crippen LogP contribution is 2.46. The van der Waals surface area contributed by atoms with Crippen molar-refractivity contribution in [3.63, 3.8) is 0 Å². The highest BCUT2D eigenvalue weighted by molar-refractivity contribution is 5.94. The van der Waals surface area contributed by atoms with Crippen molar-refractivity contribution in [2.24, 2.45) is 11.7 Å². The van der Waals surface area contributed by atoms with E-state index in [-0.39, 0.29) is 66.4 Å². The van der Waals surface area contributed by atoms with Crippen LogP contribution in [0.1, 0.15) is 185 Å². The Hall–Kier alpha value is -6.92. The maximum atomic E-state index is 15.3. The van der Waals surface area contributed by atoms with Gasteiger partial charge >= 0.3 is 11.7 Å². The van der Waals surface area contributed by atoms with Crippen molar-refractivity contribution >= 4 is 41.2 Å². The van der Waals surface area contributed by atoms with Crippen LogP contribution in [0.25, 0.3) is 0 Å². The summed E-state index contributed by atoms with van der Waals surface area (Å²) >= 11 is 0. The van der Waals surface area contributed by atoms with E-state index >= 15 is 4.79 Å². The first-order chi connectivity index (χ1) is 41.8. The minimum atomic E-state index is -2.00. The van der Waals surface area contributed by atoms with Crippen LogP contribution in [0.4, 0.5) is 5.69 Å². The molecule has 3 aromatic rings. The van der Waals surface area contributed by atoms with Crippen molar-refractivity contribution in [1.82, 2.24) is 26.6 Å². The van der Waals surface area contributed by atoms with Crippen LogP contribution in [0.3, 0.4) is 0 Å². The van der Waals surface area contributed by atoms with E-state index in [1.807, 2.05) is 13.8 Å². The quantitative estimate of drug-likeness (QED) is 0.0156. The van der Waals surface area contributed by atoms with E-state index in [0.717, 1.165) is 89.5 Å². The summed E-state index contributed by atoms with van der Waals surface area (Å²) in [6.45, 7) is 7.20. The number of carbonyl (C=O) groups excluding carboxylic acids is 5. The maximum absolute atomic E-state index is 15.3. The molecule has 3 aliphatic heterocycles. The number of hydrogen-bond donors (Lipinski definition) is 10. The number of methoxy groups -OCH3 is 1. The molecule has 0 saturated carbocycles. The number of aliphatic hydroxyl groups excluding tert-OH is 3. The van der Waals surface area contributed by atoms with Gasteiger partial charge in [-0.2, -0.15) is 0 Å². The number of nitro benzene ring substituents is 1. The van der Waals surface area contributed by atoms with Crippen LogP contribution in [0.5, 0.6) is 23.0 Å². The zero-order chi connectivity index (χ0) is 63.4. The Bertz CT molecular complexity index is 2680. The molecule has 3 aliphatic rings. The first-order valence-corrected chi connectivity index (χ1v) is 31.3. The lowest BCUT2D eigenvalue weighted by molar-refractivity contribution is -0.385. The van der Waals surface area contributed by atoms with Crippen LogP contribution in [-0.2, 0) is 46.3 Å². The smallest absolute Gasteiger partial charge is 0.328 e. The standard InChI is InChI=1S/C64H95N7O16/c1-6-8-10-12-14-16-18-20-25-29-52(73)68-55(63(80)81)54-43-37-49(59(84-5)50(38-43)86-64-56(58(76)57(75)51(39-72)87-64)69-53(74)30-26-21-19-17-15-13-11-9-7-2)85-48-32-31-42(36-47(48)71(82)83)35-46(66-60(77)44(65)33-40(3)4)61(78)67-45(62(79)70-54)34-41-27-23-22-24-28-41/h22-24,27-28,31-32,36-38,40,44-46,51,54-58,64,72,75-76H,6-21,25-26,29-30,33-35,39,65H2,1-5H3,(H,66,77)(H,67,78)(H,68,73)(H,69,74)(H,70,79)(H,80,81)/t44-,45+,46-,51-,54-,55+,56-,57-,58-,64-/m1/s1. The van der Waals surface area contributed by atoms with Crippen LogP contribution < -0.4 is 46.5 Å². The SMILES string of the molecule is CCCCCCCCCCCC(=O)N[C@H]1[C@H](Oc2cc3cc(c2OC)Oc2ccc(cc2[N+](=O)[O-])C[C@@H](NC(=O)[C@H](N)CC(C)C)C(=O)N[C@@H](Cc2ccccc2)C(=O)N[C@H]3[C@H](NC(=O)CCCCCCCCCCC)C(=O)O)O[C@H](CO)[C@@H](O)[C@@H]1O. The molecule has 0 aliphatic carbocycles. The molecule has 3 heterocycles. The number of carboxylic acid groups (broad SMARTS) is 1. The minimum Gasteiger partial charge on any atom is -0.490 e. The Morgan fingerprint density at radius 1 is 0.770 bits per heavy atom. The van der Waals surface area contributed by atoms with Gasteiger partial charge in [0.25, 0.3) is 0 Å². The van der Waals surface area contributed by atoms with Gasteiger partial charge in [-0.05, 0) is 60.1 Å². The van der Waals surface area contributed by atoms with Gasteiger partial charge in [0.1, 0.15) is 36.4 Å². The Labute approximate surface area is 511 Å². The fourth-order valence-corrected chi connectivity index (χ4v) is 10.9. The number of aliphatic carboxylic acids is 1. The predicted octanol–water partition coefficient (Wildman–Crippen LogP) is 7.41. The van der Waals surface area contributed by atoms with Gasteiger partial charge in [-0.1, -0.05) is 167 Å². The summed E-state index contributed by atoms with van der Waals surface area (Å²) in [6.07, 6.45) is 10.3. The Morgan fingerprint density at radius 2 is 1.37 bits per heavy atom. The van der Waals surface area contributed by atoms with Crippen LogP contribution in [0.15, 0.2) is 60.7 Å². The summed E-state index contributed by atoms with van der Waals surface area (Å²) in [6, 6.07) is 5.35. The number of nitro groups is 1. The monoisotopic (exact) mass is 1220 g/mol. The zero-order valence-corrected chi connectivity index (χ0v) is 51.3. The number of nitrogens with one attached hydrogen (secondary N) is 5. The first kappa shape index (κ1) is 70.8. The molecule has 0 spiro atoms. The molecule has 1 saturated heterocycles. The van der Waals surface area contributed by atoms with Crippen molar-refractivity contribution < 1.29 is 73.1 Å². The third-order valence-corrected chi connectivity index (χ3v) is 15.8. The molecule has 5 amide bonds. The second-order valence-corrected chi connectivity index (χ2v) is 23.4. The normalized spacial score (nSPS) is 21.2. The first-order valence-electron chi connectivity index (χ1n) is 31.3. The van der Waals surface area contributed by atoms with Crippen LogP contribution in [0, 0.1) is 16.0 Å². The molecule has 1 fully saturated rings. The van der Waals surface area contributed by atoms with E-state index in [4.69, 9.17) is 24.7 Å².